The van der Waals surface area contributed by atoms with E-state index in [4.69, 9.17) is 9.15 Å². The number of nitrogens with one attached hydrogen (secondary N) is 1. The maximum atomic E-state index is 11.8. The van der Waals surface area contributed by atoms with Crippen LogP contribution in [0.5, 0.6) is 5.75 Å². The minimum atomic E-state index is -0.293. The molecule has 0 bridgehead atoms. The largest absolute Gasteiger partial charge is 0.495 e. The van der Waals surface area contributed by atoms with Crippen LogP contribution in [0.1, 0.15) is 16.1 Å². The zero-order valence-electron chi connectivity index (χ0n) is 10.2. The molecule has 3 N–H and O–H groups in total. The van der Waals surface area contributed by atoms with Gasteiger partial charge in [0.1, 0.15) is 5.75 Å². The summed E-state index contributed by atoms with van der Waals surface area (Å²) in [5, 5.41) is 2.75. The van der Waals surface area contributed by atoms with E-state index in [1.54, 1.807) is 19.2 Å². The highest BCUT2D eigenvalue weighted by Gasteiger charge is 2.11. The average molecular weight is 249 g/mol. The zero-order chi connectivity index (χ0) is 12.3. The van der Waals surface area contributed by atoms with Gasteiger partial charge < -0.3 is 19.9 Å². The number of methoxy groups -OCH3 is 1. The molecule has 0 saturated heterocycles. The van der Waals surface area contributed by atoms with E-state index in [0.717, 1.165) is 5.56 Å². The molecule has 5 heteroatoms. The molecule has 1 amide bonds. The Bertz CT molecular complexity index is 520. The fraction of sp³-hybridized carbons (Fsp3) is 0.154. The molecule has 0 aliphatic heterocycles. The van der Waals surface area contributed by atoms with E-state index in [1.807, 2.05) is 25.1 Å². The molecule has 18 heavy (non-hydrogen) atoms. The van der Waals surface area contributed by atoms with E-state index in [1.165, 1.54) is 6.26 Å². The van der Waals surface area contributed by atoms with Crippen molar-refractivity contribution < 1.29 is 19.4 Å². The van der Waals surface area contributed by atoms with Gasteiger partial charge in [-0.2, -0.15) is 0 Å². The van der Waals surface area contributed by atoms with Crippen LogP contribution in [-0.4, -0.2) is 18.5 Å². The van der Waals surface area contributed by atoms with Gasteiger partial charge in [0, 0.05) is 0 Å². The fourth-order valence-corrected chi connectivity index (χ4v) is 1.51. The van der Waals surface area contributed by atoms with Crippen molar-refractivity contribution in [1.82, 2.24) is 0 Å². The molecular formula is C13H15NO4. The third-order valence-corrected chi connectivity index (χ3v) is 2.35. The van der Waals surface area contributed by atoms with E-state index in [9.17, 15) is 4.79 Å². The Kier molecular flexibility index (Phi) is 4.51. The summed E-state index contributed by atoms with van der Waals surface area (Å²) in [5.74, 6) is 0.600. The number of aryl methyl sites for hydroxylation is 1. The molecule has 0 radical (unpaired) electrons. The summed E-state index contributed by atoms with van der Waals surface area (Å²) in [6.07, 6.45) is 1.46. The summed E-state index contributed by atoms with van der Waals surface area (Å²) in [5.41, 5.74) is 1.68. The fourth-order valence-electron chi connectivity index (χ4n) is 1.51. The van der Waals surface area contributed by atoms with Gasteiger partial charge >= 0.3 is 0 Å². The van der Waals surface area contributed by atoms with Crippen LogP contribution < -0.4 is 10.1 Å². The molecule has 0 atom stereocenters. The Hall–Kier alpha value is -2.27. The molecule has 1 aromatic heterocycles. The summed E-state index contributed by atoms with van der Waals surface area (Å²) in [6.45, 7) is 1.95. The molecule has 0 aliphatic rings. The minimum absolute atomic E-state index is 0. The number of hydrogen-bond donors (Lipinski definition) is 1. The lowest BCUT2D eigenvalue weighted by molar-refractivity contribution is 0.0996. The molecule has 1 aromatic carbocycles. The molecule has 1 heterocycles. The summed E-state index contributed by atoms with van der Waals surface area (Å²) in [4.78, 5) is 11.8. The molecule has 0 spiro atoms. The van der Waals surface area contributed by atoms with E-state index < -0.39 is 0 Å². The molecule has 0 aliphatic carbocycles. The molecular weight excluding hydrogens is 234 g/mol. The number of ether oxygens (including phenoxy) is 1. The minimum Gasteiger partial charge on any atom is -0.495 e. The van der Waals surface area contributed by atoms with Crippen molar-refractivity contribution in [1.29, 1.82) is 0 Å². The van der Waals surface area contributed by atoms with Gasteiger partial charge in [-0.1, -0.05) is 6.07 Å². The van der Waals surface area contributed by atoms with Gasteiger partial charge in [0.05, 0.1) is 19.1 Å². The summed E-state index contributed by atoms with van der Waals surface area (Å²) in [6, 6.07) is 8.86. The number of carbonyl (C=O) groups excluding carboxylic acids is 1. The van der Waals surface area contributed by atoms with Gasteiger partial charge in [-0.25, -0.2) is 0 Å². The number of hydrogen-bond acceptors (Lipinski definition) is 3. The van der Waals surface area contributed by atoms with Gasteiger partial charge in [0.25, 0.3) is 5.91 Å². The number of furan rings is 1. The Morgan fingerprint density at radius 1 is 1.33 bits per heavy atom. The standard InChI is InChI=1S/C13H13NO3.H2O/c1-9-5-6-11(16-2)10(8-9)14-13(15)12-4-3-7-17-12;/h3-8H,1-2H3,(H,14,15);1H2. The second-order valence-electron chi connectivity index (χ2n) is 3.64. The molecule has 0 saturated carbocycles. The lowest BCUT2D eigenvalue weighted by atomic mass is 10.2. The Balaban J connectivity index is 0.00000162. The first-order valence-corrected chi connectivity index (χ1v) is 5.20. The van der Waals surface area contributed by atoms with Crippen LogP contribution in [0.4, 0.5) is 5.69 Å². The summed E-state index contributed by atoms with van der Waals surface area (Å²) in [7, 11) is 1.56. The van der Waals surface area contributed by atoms with Crippen LogP contribution in [0.3, 0.4) is 0 Å². The molecule has 2 aromatic rings. The number of rotatable bonds is 3. The maximum Gasteiger partial charge on any atom is 0.291 e. The topological polar surface area (TPSA) is 83.0 Å². The SMILES string of the molecule is COc1ccc(C)cc1NC(=O)c1ccco1.O. The van der Waals surface area contributed by atoms with E-state index in [0.29, 0.717) is 11.4 Å². The Morgan fingerprint density at radius 3 is 2.72 bits per heavy atom. The van der Waals surface area contributed by atoms with Crippen LogP contribution in [0.2, 0.25) is 0 Å². The second-order valence-corrected chi connectivity index (χ2v) is 3.64. The molecule has 0 fully saturated rings. The van der Waals surface area contributed by atoms with Crippen molar-refractivity contribution in [2.75, 3.05) is 12.4 Å². The van der Waals surface area contributed by atoms with Crippen molar-refractivity contribution in [2.45, 2.75) is 6.92 Å². The van der Waals surface area contributed by atoms with Gasteiger partial charge in [0.15, 0.2) is 5.76 Å². The van der Waals surface area contributed by atoms with Gasteiger partial charge in [-0.3, -0.25) is 4.79 Å². The number of amides is 1. The lowest BCUT2D eigenvalue weighted by Crippen LogP contribution is -2.11. The van der Waals surface area contributed by atoms with Gasteiger partial charge in [-0.05, 0) is 36.8 Å². The summed E-state index contributed by atoms with van der Waals surface area (Å²) < 4.78 is 10.2. The van der Waals surface area contributed by atoms with Gasteiger partial charge in [0.2, 0.25) is 0 Å². The van der Waals surface area contributed by atoms with Crippen LogP contribution in [0.15, 0.2) is 41.0 Å². The van der Waals surface area contributed by atoms with Crippen molar-refractivity contribution in [3.63, 3.8) is 0 Å². The van der Waals surface area contributed by atoms with Crippen molar-refractivity contribution >= 4 is 11.6 Å². The first kappa shape index (κ1) is 13.8. The van der Waals surface area contributed by atoms with Crippen molar-refractivity contribution in [3.8, 4) is 5.75 Å². The van der Waals surface area contributed by atoms with Gasteiger partial charge in [-0.15, -0.1) is 0 Å². The average Bonchev–Trinajstić information content (AvgIpc) is 2.83. The Labute approximate surface area is 105 Å². The van der Waals surface area contributed by atoms with Crippen molar-refractivity contribution in [3.05, 3.63) is 47.9 Å². The third kappa shape index (κ3) is 2.89. The maximum absolute atomic E-state index is 11.8. The van der Waals surface area contributed by atoms with E-state index >= 15 is 0 Å². The number of anilines is 1. The molecule has 2 rings (SSSR count). The molecule has 5 nitrogen and oxygen atoms in total. The van der Waals surface area contributed by atoms with E-state index in [-0.39, 0.29) is 17.1 Å². The van der Waals surface area contributed by atoms with Crippen LogP contribution in [-0.2, 0) is 0 Å². The highest BCUT2D eigenvalue weighted by atomic mass is 16.5. The third-order valence-electron chi connectivity index (χ3n) is 2.35. The number of benzene rings is 1. The first-order valence-electron chi connectivity index (χ1n) is 5.20. The summed E-state index contributed by atoms with van der Waals surface area (Å²) >= 11 is 0. The zero-order valence-corrected chi connectivity index (χ0v) is 10.2. The predicted molar refractivity (Wildman–Crippen MR) is 68.0 cm³/mol. The van der Waals surface area contributed by atoms with Crippen LogP contribution in [0.25, 0.3) is 0 Å². The molecule has 96 valence electrons. The second kappa shape index (κ2) is 5.88. The Morgan fingerprint density at radius 2 is 2.11 bits per heavy atom. The lowest BCUT2D eigenvalue weighted by Gasteiger charge is -2.09. The number of carbonyl (C=O) groups is 1. The quantitative estimate of drug-likeness (QED) is 0.903. The monoisotopic (exact) mass is 249 g/mol. The highest BCUT2D eigenvalue weighted by molar-refractivity contribution is 6.03. The first-order chi connectivity index (χ1) is 8.20. The van der Waals surface area contributed by atoms with E-state index in [2.05, 4.69) is 5.32 Å². The highest BCUT2D eigenvalue weighted by Crippen LogP contribution is 2.25. The molecule has 0 unspecified atom stereocenters. The van der Waals surface area contributed by atoms with Crippen molar-refractivity contribution in [2.24, 2.45) is 0 Å². The normalized spacial score (nSPS) is 9.44. The van der Waals surface area contributed by atoms with Crippen LogP contribution in [0, 0.1) is 6.92 Å². The smallest absolute Gasteiger partial charge is 0.291 e. The predicted octanol–water partition coefficient (Wildman–Crippen LogP) is 2.02. The van der Waals surface area contributed by atoms with Crippen LogP contribution >= 0.6 is 0 Å².